The van der Waals surface area contributed by atoms with Crippen LogP contribution in [0.2, 0.25) is 0 Å². The minimum atomic E-state index is -0.461. The van der Waals surface area contributed by atoms with E-state index in [1.165, 1.54) is 0 Å². The standard InChI is InChI=1S/C10H14N4O/c1-3-14-8(15)5-4-7-6(2)12-10(11)13-9(7)14/h4-5,10,12H,3,11H2,1-2H3. The summed E-state index contributed by atoms with van der Waals surface area (Å²) in [4.78, 5) is 15.8. The van der Waals surface area contributed by atoms with Crippen LogP contribution in [0.4, 0.5) is 0 Å². The second-order valence-electron chi connectivity index (χ2n) is 3.50. The fraction of sp³-hybridized carbons (Fsp3) is 0.400. The van der Waals surface area contributed by atoms with Gasteiger partial charge in [0.2, 0.25) is 0 Å². The van der Waals surface area contributed by atoms with Crippen LogP contribution in [0.25, 0.3) is 5.70 Å². The number of hydrogen-bond donors (Lipinski definition) is 2. The number of pyridine rings is 1. The van der Waals surface area contributed by atoms with E-state index < -0.39 is 6.29 Å². The molecule has 5 nitrogen and oxygen atoms in total. The van der Waals surface area contributed by atoms with E-state index in [2.05, 4.69) is 10.3 Å². The minimum absolute atomic E-state index is 0.0399. The smallest absolute Gasteiger partial charge is 0.252 e. The van der Waals surface area contributed by atoms with E-state index in [4.69, 9.17) is 5.73 Å². The topological polar surface area (TPSA) is 72.4 Å². The van der Waals surface area contributed by atoms with Crippen molar-refractivity contribution in [2.75, 3.05) is 0 Å². The first kappa shape index (κ1) is 9.92. The molecular formula is C10H14N4O. The van der Waals surface area contributed by atoms with Crippen LogP contribution >= 0.6 is 0 Å². The summed E-state index contributed by atoms with van der Waals surface area (Å²) in [7, 11) is 0. The predicted octanol–water partition coefficient (Wildman–Crippen LogP) is -1.54. The highest BCUT2D eigenvalue weighted by Crippen LogP contribution is 1.88. The molecule has 0 bridgehead atoms. The van der Waals surface area contributed by atoms with Gasteiger partial charge in [-0.25, -0.2) is 4.99 Å². The highest BCUT2D eigenvalue weighted by atomic mass is 16.1. The molecule has 0 saturated carbocycles. The van der Waals surface area contributed by atoms with Crippen molar-refractivity contribution in [3.05, 3.63) is 33.2 Å². The fourth-order valence-electron chi connectivity index (χ4n) is 1.77. The summed E-state index contributed by atoms with van der Waals surface area (Å²) in [5, 5.41) is 3.96. The van der Waals surface area contributed by atoms with Gasteiger partial charge < -0.3 is 5.32 Å². The Labute approximate surface area is 86.9 Å². The van der Waals surface area contributed by atoms with Crippen molar-refractivity contribution in [3.63, 3.8) is 0 Å². The SMILES string of the molecule is CCn1c(=O)ccc2c1=NC(N)NC=2C. The van der Waals surface area contributed by atoms with Crippen LogP contribution in [0.1, 0.15) is 13.8 Å². The van der Waals surface area contributed by atoms with Crippen LogP contribution in [-0.2, 0) is 6.54 Å². The van der Waals surface area contributed by atoms with Gasteiger partial charge in [0.05, 0.1) is 0 Å². The van der Waals surface area contributed by atoms with E-state index >= 15 is 0 Å². The molecule has 2 heterocycles. The highest BCUT2D eigenvalue weighted by Gasteiger charge is 2.09. The Bertz CT molecular complexity index is 558. The molecule has 0 saturated heterocycles. The molecule has 1 aromatic rings. The average Bonchev–Trinajstić information content (AvgIpc) is 2.17. The molecule has 0 amide bonds. The van der Waals surface area contributed by atoms with Crippen LogP contribution in [-0.4, -0.2) is 10.9 Å². The van der Waals surface area contributed by atoms with Crippen molar-refractivity contribution < 1.29 is 0 Å². The zero-order valence-electron chi connectivity index (χ0n) is 8.82. The average molecular weight is 206 g/mol. The molecule has 2 rings (SSSR count). The van der Waals surface area contributed by atoms with Crippen LogP contribution in [0.3, 0.4) is 0 Å². The van der Waals surface area contributed by atoms with Crippen molar-refractivity contribution in [2.24, 2.45) is 10.7 Å². The number of aromatic nitrogens is 1. The summed E-state index contributed by atoms with van der Waals surface area (Å²) >= 11 is 0. The summed E-state index contributed by atoms with van der Waals surface area (Å²) in [5.74, 6) is 0. The lowest BCUT2D eigenvalue weighted by molar-refractivity contribution is 0.572. The molecule has 1 aliphatic heterocycles. The lowest BCUT2D eigenvalue weighted by Gasteiger charge is -2.17. The predicted molar refractivity (Wildman–Crippen MR) is 57.4 cm³/mol. The first-order chi connectivity index (χ1) is 7.13. The van der Waals surface area contributed by atoms with Crippen LogP contribution in [0, 0.1) is 0 Å². The van der Waals surface area contributed by atoms with Crippen molar-refractivity contribution in [1.29, 1.82) is 0 Å². The highest BCUT2D eigenvalue weighted by molar-refractivity contribution is 5.39. The van der Waals surface area contributed by atoms with Gasteiger partial charge in [-0.1, -0.05) is 0 Å². The maximum Gasteiger partial charge on any atom is 0.252 e. The summed E-state index contributed by atoms with van der Waals surface area (Å²) in [5.41, 5.74) is 7.29. The Balaban J connectivity index is 2.93. The molecule has 80 valence electrons. The van der Waals surface area contributed by atoms with Crippen LogP contribution in [0.5, 0.6) is 0 Å². The van der Waals surface area contributed by atoms with E-state index in [1.807, 2.05) is 13.8 Å². The van der Waals surface area contributed by atoms with E-state index in [1.54, 1.807) is 16.7 Å². The number of nitrogens with zero attached hydrogens (tertiary/aromatic N) is 2. The number of nitrogens with one attached hydrogen (secondary N) is 1. The number of nitrogens with two attached hydrogens (primary N) is 1. The molecule has 1 aromatic heterocycles. The third kappa shape index (κ3) is 1.55. The summed E-state index contributed by atoms with van der Waals surface area (Å²) in [6, 6.07) is 3.33. The van der Waals surface area contributed by atoms with Gasteiger partial charge in [0, 0.05) is 23.5 Å². The largest absolute Gasteiger partial charge is 0.355 e. The Morgan fingerprint density at radius 3 is 3.00 bits per heavy atom. The Morgan fingerprint density at radius 1 is 1.60 bits per heavy atom. The number of rotatable bonds is 1. The normalized spacial score (nSPS) is 19.1. The third-order valence-electron chi connectivity index (χ3n) is 2.50. The molecule has 0 fully saturated rings. The maximum absolute atomic E-state index is 11.6. The zero-order chi connectivity index (χ0) is 11.0. The van der Waals surface area contributed by atoms with E-state index in [9.17, 15) is 4.79 Å². The molecule has 0 aromatic carbocycles. The minimum Gasteiger partial charge on any atom is -0.355 e. The van der Waals surface area contributed by atoms with E-state index in [0.717, 1.165) is 10.9 Å². The number of hydrogen-bond acceptors (Lipinski definition) is 4. The second kappa shape index (κ2) is 3.51. The molecular weight excluding hydrogens is 192 g/mol. The van der Waals surface area contributed by atoms with Gasteiger partial charge in [0.25, 0.3) is 5.56 Å². The zero-order valence-corrected chi connectivity index (χ0v) is 8.82. The monoisotopic (exact) mass is 206 g/mol. The van der Waals surface area contributed by atoms with Gasteiger partial charge in [-0.2, -0.15) is 0 Å². The lowest BCUT2D eigenvalue weighted by atomic mass is 10.3. The van der Waals surface area contributed by atoms with Gasteiger partial charge in [-0.05, 0) is 19.9 Å². The third-order valence-corrected chi connectivity index (χ3v) is 2.50. The Morgan fingerprint density at radius 2 is 2.33 bits per heavy atom. The summed E-state index contributed by atoms with van der Waals surface area (Å²) in [6.45, 7) is 4.45. The fourth-order valence-corrected chi connectivity index (χ4v) is 1.77. The van der Waals surface area contributed by atoms with Crippen LogP contribution < -0.4 is 27.3 Å². The molecule has 0 aliphatic carbocycles. The van der Waals surface area contributed by atoms with Gasteiger partial charge in [-0.15, -0.1) is 0 Å². The first-order valence-corrected chi connectivity index (χ1v) is 4.94. The first-order valence-electron chi connectivity index (χ1n) is 4.94. The molecule has 0 spiro atoms. The van der Waals surface area contributed by atoms with Gasteiger partial charge in [0.15, 0.2) is 6.29 Å². The number of fused-ring (bicyclic) bond motifs is 1. The van der Waals surface area contributed by atoms with Crippen molar-refractivity contribution in [2.45, 2.75) is 26.7 Å². The summed E-state index contributed by atoms with van der Waals surface area (Å²) in [6.07, 6.45) is -0.461. The molecule has 1 aliphatic rings. The molecule has 0 radical (unpaired) electrons. The van der Waals surface area contributed by atoms with Gasteiger partial charge in [-0.3, -0.25) is 15.1 Å². The van der Waals surface area contributed by atoms with E-state index in [0.29, 0.717) is 12.0 Å². The molecule has 5 heteroatoms. The molecule has 15 heavy (non-hydrogen) atoms. The second-order valence-corrected chi connectivity index (χ2v) is 3.50. The lowest BCUT2D eigenvalue weighted by Crippen LogP contribution is -2.52. The van der Waals surface area contributed by atoms with E-state index in [-0.39, 0.29) is 5.56 Å². The Kier molecular flexibility index (Phi) is 2.32. The summed E-state index contributed by atoms with van der Waals surface area (Å²) < 4.78 is 1.62. The molecule has 1 atom stereocenters. The van der Waals surface area contributed by atoms with Crippen LogP contribution in [0.15, 0.2) is 21.9 Å². The molecule has 1 unspecified atom stereocenters. The van der Waals surface area contributed by atoms with Crippen molar-refractivity contribution in [1.82, 2.24) is 9.88 Å². The molecule has 3 N–H and O–H groups in total. The quantitative estimate of drug-likeness (QED) is 0.585. The maximum atomic E-state index is 11.6. The Hall–Kier alpha value is -1.62. The van der Waals surface area contributed by atoms with Gasteiger partial charge in [0.1, 0.15) is 5.49 Å². The van der Waals surface area contributed by atoms with Gasteiger partial charge >= 0.3 is 0 Å². The van der Waals surface area contributed by atoms with Crippen molar-refractivity contribution in [3.8, 4) is 0 Å². The van der Waals surface area contributed by atoms with Crippen molar-refractivity contribution >= 4 is 5.70 Å².